The molecule has 1 N–H and O–H groups in total. The molecule has 0 unspecified atom stereocenters. The first-order chi connectivity index (χ1) is 23.1. The number of nitrogens with zero attached hydrogens (tertiary/aromatic N) is 2. The first kappa shape index (κ1) is 39.9. The van der Waals surface area contributed by atoms with Gasteiger partial charge in [0.05, 0.1) is 135 Å². The minimum absolute atomic E-state index is 0.187. The van der Waals surface area contributed by atoms with Gasteiger partial charge in [-0.25, -0.2) is 0 Å². The highest BCUT2D eigenvalue weighted by molar-refractivity contribution is 5.65. The zero-order valence-corrected chi connectivity index (χ0v) is 26.8. The number of nitro benzene ring substituents is 2. The Morgan fingerprint density at radius 3 is 1.30 bits per heavy atom. The van der Waals surface area contributed by atoms with Crippen LogP contribution in [-0.2, 0) is 49.2 Å². The smallest absolute Gasteiger partial charge is 0.299 e. The van der Waals surface area contributed by atoms with Gasteiger partial charge in [0.25, 0.3) is 11.4 Å². The van der Waals surface area contributed by atoms with E-state index in [2.05, 4.69) is 5.32 Å². The van der Waals surface area contributed by atoms with Crippen LogP contribution in [0.4, 0.5) is 17.1 Å². The number of rotatable bonds is 32. The number of benzene rings is 2. The minimum atomic E-state index is -0.680. The molecule has 0 atom stereocenters. The molecular weight excluding hydrogens is 622 g/mol. The molecule has 0 fully saturated rings. The summed E-state index contributed by atoms with van der Waals surface area (Å²) in [5, 5.41) is 24.8. The molecule has 2 rings (SSSR count). The number of hydrogen-bond donors (Lipinski definition) is 1. The Bertz CT molecular complexity index is 1080. The summed E-state index contributed by atoms with van der Waals surface area (Å²) in [6, 6.07) is 13.4. The van der Waals surface area contributed by atoms with Gasteiger partial charge in [-0.2, -0.15) is 0 Å². The highest BCUT2D eigenvalue weighted by atomic mass is 16.6. The summed E-state index contributed by atoms with van der Waals surface area (Å²) in [6.07, 6.45) is 0. The molecule has 47 heavy (non-hydrogen) atoms. The van der Waals surface area contributed by atoms with Crippen LogP contribution in [0.5, 0.6) is 0 Å². The molecule has 2 aromatic carbocycles. The number of non-ortho nitro benzene ring substituents is 1. The number of ether oxygens (including phenoxy) is 9. The molecule has 2 aromatic rings. The molecule has 0 spiro atoms. The van der Waals surface area contributed by atoms with Gasteiger partial charge in [-0.1, -0.05) is 30.3 Å². The van der Waals surface area contributed by atoms with Crippen LogP contribution >= 0.6 is 0 Å². The lowest BCUT2D eigenvalue weighted by Gasteiger charge is -2.09. The monoisotopic (exact) mass is 669 g/mol. The van der Waals surface area contributed by atoms with Crippen molar-refractivity contribution < 1.29 is 52.5 Å². The fraction of sp³-hybridized carbons (Fsp3) is 0.613. The van der Waals surface area contributed by atoms with Crippen LogP contribution in [0.1, 0.15) is 5.56 Å². The Kier molecular flexibility index (Phi) is 23.5. The predicted molar refractivity (Wildman–Crippen MR) is 171 cm³/mol. The summed E-state index contributed by atoms with van der Waals surface area (Å²) in [5.74, 6) is 0. The topological polar surface area (TPSA) is 181 Å². The zero-order chi connectivity index (χ0) is 33.6. The average molecular weight is 670 g/mol. The van der Waals surface area contributed by atoms with Crippen molar-refractivity contribution in [2.24, 2.45) is 0 Å². The molecule has 0 bridgehead atoms. The zero-order valence-electron chi connectivity index (χ0n) is 26.8. The van der Waals surface area contributed by atoms with Crippen LogP contribution < -0.4 is 5.32 Å². The third-order valence-electron chi connectivity index (χ3n) is 6.04. The van der Waals surface area contributed by atoms with Gasteiger partial charge in [-0.05, 0) is 11.6 Å². The minimum Gasteiger partial charge on any atom is -0.377 e. The SMILES string of the molecule is O=[N+]([O-])c1ccc(NCCOCCOCCOCCOCCOCCOCCOCCOCCOCc2ccccc2)c([N+](=O)[O-])c1. The van der Waals surface area contributed by atoms with Crippen LogP contribution in [0.25, 0.3) is 0 Å². The average Bonchev–Trinajstić information content (AvgIpc) is 3.08. The van der Waals surface area contributed by atoms with Crippen LogP contribution in [0.3, 0.4) is 0 Å². The van der Waals surface area contributed by atoms with Gasteiger partial charge in [-0.15, -0.1) is 0 Å². The Morgan fingerprint density at radius 1 is 0.489 bits per heavy atom. The van der Waals surface area contributed by atoms with Crippen molar-refractivity contribution in [3.63, 3.8) is 0 Å². The van der Waals surface area contributed by atoms with E-state index >= 15 is 0 Å². The molecule has 16 heteroatoms. The molecule has 0 heterocycles. The van der Waals surface area contributed by atoms with Crippen LogP contribution in [0.15, 0.2) is 48.5 Å². The van der Waals surface area contributed by atoms with Gasteiger partial charge >= 0.3 is 0 Å². The number of nitrogens with one attached hydrogen (secondary N) is 1. The van der Waals surface area contributed by atoms with Crippen molar-refractivity contribution in [3.05, 3.63) is 74.3 Å². The van der Waals surface area contributed by atoms with E-state index in [0.717, 1.165) is 11.6 Å². The summed E-state index contributed by atoms with van der Waals surface area (Å²) in [4.78, 5) is 20.6. The van der Waals surface area contributed by atoms with Crippen molar-refractivity contribution in [2.75, 3.05) is 124 Å². The van der Waals surface area contributed by atoms with E-state index in [1.165, 1.54) is 12.1 Å². The lowest BCUT2D eigenvalue weighted by atomic mass is 10.2. The van der Waals surface area contributed by atoms with Crippen molar-refractivity contribution in [2.45, 2.75) is 6.61 Å². The number of hydrogen-bond acceptors (Lipinski definition) is 14. The van der Waals surface area contributed by atoms with Gasteiger partial charge in [0.1, 0.15) is 5.69 Å². The van der Waals surface area contributed by atoms with E-state index in [9.17, 15) is 20.2 Å². The quantitative estimate of drug-likeness (QED) is 0.0681. The summed E-state index contributed by atoms with van der Waals surface area (Å²) < 4.78 is 49.2. The number of nitro groups is 2. The van der Waals surface area contributed by atoms with Crippen LogP contribution in [-0.4, -0.2) is 129 Å². The van der Waals surface area contributed by atoms with E-state index in [-0.39, 0.29) is 23.7 Å². The molecular formula is C31H47N3O13. The molecule has 264 valence electrons. The standard InChI is InChI=1S/C31H47N3O13/c35-33(36)29-6-7-30(31(26-29)34(37)38)32-8-9-39-10-11-40-12-13-41-14-15-42-16-17-43-18-19-44-20-21-45-22-23-46-24-25-47-27-28-4-2-1-3-5-28/h1-7,26,32H,8-25,27H2. The first-order valence-corrected chi connectivity index (χ1v) is 15.5. The molecule has 0 aliphatic heterocycles. The summed E-state index contributed by atoms with van der Waals surface area (Å²) in [6.45, 7) is 8.57. The van der Waals surface area contributed by atoms with Crippen molar-refractivity contribution in [3.8, 4) is 0 Å². The fourth-order valence-electron chi connectivity index (χ4n) is 3.72. The van der Waals surface area contributed by atoms with Gasteiger partial charge < -0.3 is 47.9 Å². The second kappa shape index (κ2) is 27.8. The third-order valence-corrected chi connectivity index (χ3v) is 6.04. The third kappa shape index (κ3) is 21.2. The van der Waals surface area contributed by atoms with E-state index in [1.807, 2.05) is 30.3 Å². The van der Waals surface area contributed by atoms with Crippen molar-refractivity contribution in [1.29, 1.82) is 0 Å². The summed E-state index contributed by atoms with van der Waals surface area (Å²) in [5.41, 5.74) is 0.624. The van der Waals surface area contributed by atoms with E-state index in [0.29, 0.717) is 119 Å². The van der Waals surface area contributed by atoms with E-state index in [4.69, 9.17) is 42.6 Å². The summed E-state index contributed by atoms with van der Waals surface area (Å²) >= 11 is 0. The summed E-state index contributed by atoms with van der Waals surface area (Å²) in [7, 11) is 0. The van der Waals surface area contributed by atoms with Crippen molar-refractivity contribution in [1.82, 2.24) is 0 Å². The second-order valence-corrected chi connectivity index (χ2v) is 9.58. The first-order valence-electron chi connectivity index (χ1n) is 15.5. The maximum atomic E-state index is 11.1. The Balaban J connectivity index is 1.22. The molecule has 16 nitrogen and oxygen atoms in total. The molecule has 0 aromatic heterocycles. The Labute approximate surface area is 274 Å². The maximum absolute atomic E-state index is 11.1. The maximum Gasteiger partial charge on any atom is 0.299 e. The molecule has 0 amide bonds. The highest BCUT2D eigenvalue weighted by Crippen LogP contribution is 2.28. The lowest BCUT2D eigenvalue weighted by molar-refractivity contribution is -0.393. The predicted octanol–water partition coefficient (Wildman–Crippen LogP) is 3.26. The Hall–Kier alpha value is -3.32. The molecule has 0 aliphatic carbocycles. The Morgan fingerprint density at radius 2 is 0.894 bits per heavy atom. The van der Waals surface area contributed by atoms with E-state index in [1.54, 1.807) is 0 Å². The molecule has 0 saturated heterocycles. The van der Waals surface area contributed by atoms with E-state index < -0.39 is 9.85 Å². The van der Waals surface area contributed by atoms with Crippen LogP contribution in [0.2, 0.25) is 0 Å². The van der Waals surface area contributed by atoms with Gasteiger partial charge in [0, 0.05) is 12.6 Å². The number of anilines is 1. The largest absolute Gasteiger partial charge is 0.377 e. The van der Waals surface area contributed by atoms with Crippen molar-refractivity contribution >= 4 is 17.1 Å². The van der Waals surface area contributed by atoms with Gasteiger partial charge in [0.2, 0.25) is 0 Å². The molecule has 0 radical (unpaired) electrons. The van der Waals surface area contributed by atoms with Gasteiger partial charge in [-0.3, -0.25) is 20.2 Å². The van der Waals surface area contributed by atoms with Crippen LogP contribution in [0, 0.1) is 20.2 Å². The highest BCUT2D eigenvalue weighted by Gasteiger charge is 2.19. The second-order valence-electron chi connectivity index (χ2n) is 9.58. The molecule has 0 saturated carbocycles. The normalized spacial score (nSPS) is 11.1. The fourth-order valence-corrected chi connectivity index (χ4v) is 3.72. The lowest BCUT2D eigenvalue weighted by Crippen LogP contribution is -2.15. The molecule has 0 aliphatic rings. The van der Waals surface area contributed by atoms with Gasteiger partial charge in [0.15, 0.2) is 0 Å².